The molecular formula is C29H43N3O4S. The Bertz CT molecular complexity index is 1100. The van der Waals surface area contributed by atoms with Crippen LogP contribution < -0.4 is 10.6 Å². The van der Waals surface area contributed by atoms with Crippen LogP contribution in [0.4, 0.5) is 5.69 Å². The van der Waals surface area contributed by atoms with Crippen LogP contribution >= 0.6 is 0 Å². The van der Waals surface area contributed by atoms with Crippen LogP contribution in [0.3, 0.4) is 0 Å². The van der Waals surface area contributed by atoms with Gasteiger partial charge in [0.25, 0.3) is 0 Å². The van der Waals surface area contributed by atoms with E-state index in [4.69, 9.17) is 0 Å². The highest BCUT2D eigenvalue weighted by molar-refractivity contribution is 7.90. The minimum absolute atomic E-state index is 0.146. The average Bonchev–Trinajstić information content (AvgIpc) is 2.88. The minimum Gasteiger partial charge on any atom is -0.506 e. The van der Waals surface area contributed by atoms with Crippen LogP contribution in [0.25, 0.3) is 0 Å². The Morgan fingerprint density at radius 2 is 1.78 bits per heavy atom. The Kier molecular flexibility index (Phi) is 11.4. The number of phenols is 1. The molecule has 0 radical (unpaired) electrons. The van der Waals surface area contributed by atoms with Gasteiger partial charge in [-0.2, -0.15) is 0 Å². The second-order valence-corrected chi connectivity index (χ2v) is 12.1. The SMILES string of the molecule is CCCN(CCCCCCNCCc1ccc(S(C)(=O)=O)cc1)[C@H]1CCc2c(ccc(O)c2NC=O)C1. The third-order valence-corrected chi connectivity index (χ3v) is 8.42. The zero-order valence-corrected chi connectivity index (χ0v) is 23.2. The lowest BCUT2D eigenvalue weighted by Crippen LogP contribution is -2.40. The van der Waals surface area contributed by atoms with Gasteiger partial charge in [0.1, 0.15) is 5.75 Å². The number of amides is 1. The summed E-state index contributed by atoms with van der Waals surface area (Å²) in [5.41, 5.74) is 4.04. The Hall–Kier alpha value is -2.42. The first-order valence-electron chi connectivity index (χ1n) is 13.6. The maximum atomic E-state index is 11.6. The Labute approximate surface area is 222 Å². The van der Waals surface area contributed by atoms with Crippen LogP contribution in [-0.2, 0) is 33.9 Å². The van der Waals surface area contributed by atoms with Crippen LogP contribution in [0, 0.1) is 0 Å². The van der Waals surface area contributed by atoms with E-state index in [9.17, 15) is 18.3 Å². The van der Waals surface area contributed by atoms with Crippen molar-refractivity contribution < 1.29 is 18.3 Å². The third-order valence-electron chi connectivity index (χ3n) is 7.29. The number of hydrogen-bond acceptors (Lipinski definition) is 6. The molecule has 1 aliphatic carbocycles. The first-order chi connectivity index (χ1) is 17.8. The fraction of sp³-hybridized carbons (Fsp3) is 0.552. The number of benzene rings is 2. The molecule has 0 aliphatic heterocycles. The van der Waals surface area contributed by atoms with Crippen LogP contribution in [-0.4, -0.2) is 63.3 Å². The molecule has 1 atom stereocenters. The number of nitrogens with one attached hydrogen (secondary N) is 2. The van der Waals surface area contributed by atoms with Crippen molar-refractivity contribution in [3.8, 4) is 5.75 Å². The van der Waals surface area contributed by atoms with E-state index in [2.05, 4.69) is 22.5 Å². The molecular weight excluding hydrogens is 486 g/mol. The zero-order chi connectivity index (χ0) is 26.7. The fourth-order valence-corrected chi connectivity index (χ4v) is 5.93. The molecule has 0 unspecified atom stereocenters. The maximum Gasteiger partial charge on any atom is 0.211 e. The van der Waals surface area contributed by atoms with Gasteiger partial charge in [-0.05, 0) is 106 Å². The molecule has 2 aromatic rings. The lowest BCUT2D eigenvalue weighted by atomic mass is 9.86. The summed E-state index contributed by atoms with van der Waals surface area (Å²) in [6, 6.07) is 11.4. The van der Waals surface area contributed by atoms with Crippen molar-refractivity contribution >= 4 is 21.9 Å². The Morgan fingerprint density at radius 1 is 1.03 bits per heavy atom. The zero-order valence-electron chi connectivity index (χ0n) is 22.3. The van der Waals surface area contributed by atoms with E-state index in [0.29, 0.717) is 23.0 Å². The normalized spacial score (nSPS) is 15.5. The molecule has 204 valence electrons. The average molecular weight is 530 g/mol. The standard InChI is InChI=1S/C29H43N3O4S/c1-3-19-32(25-11-14-27-24(21-25)10-15-28(34)29(27)31-22-33)20-7-5-4-6-17-30-18-16-23-8-12-26(13-9-23)37(2,35)36/h8-10,12-13,15,22,25,30,34H,3-7,11,14,16-21H2,1-2H3,(H,31,33)/t25-/m0/s1. The summed E-state index contributed by atoms with van der Waals surface area (Å²) in [5.74, 6) is 0.146. The summed E-state index contributed by atoms with van der Waals surface area (Å²) in [5, 5.41) is 16.3. The number of anilines is 1. The van der Waals surface area contributed by atoms with Gasteiger partial charge in [-0.3, -0.25) is 4.79 Å². The van der Waals surface area contributed by atoms with E-state index in [1.165, 1.54) is 31.1 Å². The second kappa shape index (κ2) is 14.5. The van der Waals surface area contributed by atoms with Gasteiger partial charge in [-0.1, -0.05) is 38.0 Å². The molecule has 0 fully saturated rings. The molecule has 2 aromatic carbocycles. The number of fused-ring (bicyclic) bond motifs is 1. The van der Waals surface area contributed by atoms with Crippen molar-refractivity contribution in [2.45, 2.75) is 75.6 Å². The van der Waals surface area contributed by atoms with Crippen LogP contribution in [0.2, 0.25) is 0 Å². The van der Waals surface area contributed by atoms with Gasteiger partial charge in [0, 0.05) is 12.3 Å². The molecule has 7 nitrogen and oxygen atoms in total. The maximum absolute atomic E-state index is 11.6. The van der Waals surface area contributed by atoms with E-state index in [-0.39, 0.29) is 5.75 Å². The molecule has 3 rings (SSSR count). The molecule has 1 amide bonds. The van der Waals surface area contributed by atoms with Crippen molar-refractivity contribution in [1.29, 1.82) is 0 Å². The number of phenolic OH excluding ortho intramolecular Hbond substituents is 1. The van der Waals surface area contributed by atoms with Gasteiger partial charge < -0.3 is 20.6 Å². The summed E-state index contributed by atoms with van der Waals surface area (Å²) in [4.78, 5) is 14.0. The van der Waals surface area contributed by atoms with Crippen molar-refractivity contribution in [3.05, 3.63) is 53.1 Å². The fourth-order valence-electron chi connectivity index (χ4n) is 5.30. The Morgan fingerprint density at radius 3 is 2.49 bits per heavy atom. The number of rotatable bonds is 16. The molecule has 0 spiro atoms. The highest BCUT2D eigenvalue weighted by Crippen LogP contribution is 2.35. The topological polar surface area (TPSA) is 98.7 Å². The van der Waals surface area contributed by atoms with Gasteiger partial charge in [-0.15, -0.1) is 0 Å². The van der Waals surface area contributed by atoms with Crippen molar-refractivity contribution in [2.24, 2.45) is 0 Å². The van der Waals surface area contributed by atoms with Crippen LogP contribution in [0.5, 0.6) is 5.75 Å². The number of aromatic hydroxyl groups is 1. The number of sulfone groups is 1. The molecule has 0 bridgehead atoms. The van der Waals surface area contributed by atoms with Crippen molar-refractivity contribution in [3.63, 3.8) is 0 Å². The number of hydrogen-bond donors (Lipinski definition) is 3. The van der Waals surface area contributed by atoms with Gasteiger partial charge in [0.2, 0.25) is 6.41 Å². The molecule has 0 saturated heterocycles. The predicted molar refractivity (Wildman–Crippen MR) is 150 cm³/mol. The summed E-state index contributed by atoms with van der Waals surface area (Å²) >= 11 is 0. The molecule has 0 saturated carbocycles. The third kappa shape index (κ3) is 8.83. The van der Waals surface area contributed by atoms with E-state index >= 15 is 0 Å². The summed E-state index contributed by atoms with van der Waals surface area (Å²) in [6.45, 7) is 6.35. The van der Waals surface area contributed by atoms with E-state index in [1.54, 1.807) is 18.2 Å². The number of carbonyl (C=O) groups is 1. The lowest BCUT2D eigenvalue weighted by molar-refractivity contribution is -0.105. The molecule has 3 N–H and O–H groups in total. The molecule has 8 heteroatoms. The molecule has 0 heterocycles. The second-order valence-electron chi connectivity index (χ2n) is 10.1. The predicted octanol–water partition coefficient (Wildman–Crippen LogP) is 4.33. The van der Waals surface area contributed by atoms with E-state index in [1.807, 2.05) is 18.2 Å². The highest BCUT2D eigenvalue weighted by atomic mass is 32.2. The van der Waals surface area contributed by atoms with E-state index < -0.39 is 9.84 Å². The van der Waals surface area contributed by atoms with Crippen molar-refractivity contribution in [2.75, 3.05) is 37.8 Å². The van der Waals surface area contributed by atoms with E-state index in [0.717, 1.165) is 75.8 Å². The quantitative estimate of drug-likeness (QED) is 0.170. The minimum atomic E-state index is -3.13. The number of unbranched alkanes of at least 4 members (excludes halogenated alkanes) is 3. The smallest absolute Gasteiger partial charge is 0.211 e. The first kappa shape index (κ1) is 29.1. The largest absolute Gasteiger partial charge is 0.506 e. The Balaban J connectivity index is 1.33. The van der Waals surface area contributed by atoms with Crippen LogP contribution in [0.1, 0.15) is 62.1 Å². The molecule has 37 heavy (non-hydrogen) atoms. The summed E-state index contributed by atoms with van der Waals surface area (Å²) < 4.78 is 23.1. The van der Waals surface area contributed by atoms with Gasteiger partial charge in [0.15, 0.2) is 9.84 Å². The summed E-state index contributed by atoms with van der Waals surface area (Å²) in [6.07, 6.45) is 11.6. The first-order valence-corrected chi connectivity index (χ1v) is 15.5. The molecule has 1 aliphatic rings. The summed E-state index contributed by atoms with van der Waals surface area (Å²) in [7, 11) is -3.13. The lowest BCUT2D eigenvalue weighted by Gasteiger charge is -2.36. The molecule has 0 aromatic heterocycles. The number of carbonyl (C=O) groups excluding carboxylic acids is 1. The van der Waals surface area contributed by atoms with Gasteiger partial charge >= 0.3 is 0 Å². The van der Waals surface area contributed by atoms with Crippen molar-refractivity contribution in [1.82, 2.24) is 10.2 Å². The van der Waals surface area contributed by atoms with Gasteiger partial charge in [-0.25, -0.2) is 8.42 Å². The number of nitrogens with zero attached hydrogens (tertiary/aromatic N) is 1. The highest BCUT2D eigenvalue weighted by Gasteiger charge is 2.26. The monoisotopic (exact) mass is 529 g/mol. The van der Waals surface area contributed by atoms with Gasteiger partial charge in [0.05, 0.1) is 10.6 Å². The van der Waals surface area contributed by atoms with Crippen LogP contribution in [0.15, 0.2) is 41.3 Å².